The van der Waals surface area contributed by atoms with Crippen molar-refractivity contribution >= 4 is 33.4 Å². The summed E-state index contributed by atoms with van der Waals surface area (Å²) in [5, 5.41) is 2.99. The highest BCUT2D eigenvalue weighted by Gasteiger charge is 2.55. The minimum atomic E-state index is -4.33. The molecule has 2 aromatic rings. The normalized spacial score (nSPS) is 21.7. The molecule has 5 nitrogen and oxygen atoms in total. The first-order chi connectivity index (χ1) is 14.7. The number of benzene rings is 2. The first-order valence-electron chi connectivity index (χ1n) is 9.93. The second-order valence-electron chi connectivity index (χ2n) is 8.43. The fourth-order valence-electron chi connectivity index (χ4n) is 3.77. The number of halogens is 3. The van der Waals surface area contributed by atoms with Crippen LogP contribution in [0.15, 0.2) is 47.4 Å². The van der Waals surface area contributed by atoms with Gasteiger partial charge in [0, 0.05) is 16.2 Å². The first kappa shape index (κ1) is 24.4. The number of anilines is 1. The van der Waals surface area contributed by atoms with Gasteiger partial charge in [-0.05, 0) is 66.9 Å². The number of carbonyl (C=O) groups excluding carboxylic acids is 1. The van der Waals surface area contributed by atoms with Crippen LogP contribution in [0.3, 0.4) is 0 Å². The first-order valence-corrected chi connectivity index (χ1v) is 12.6. The minimum absolute atomic E-state index is 0.115. The number of carbonyl (C=O) groups is 1. The number of amides is 1. The van der Waals surface area contributed by atoms with Gasteiger partial charge in [-0.25, -0.2) is 8.42 Å². The van der Waals surface area contributed by atoms with Crippen LogP contribution in [0, 0.1) is 12.8 Å². The number of hydrogen-bond donors (Lipinski definition) is 2. The molecule has 10 heteroatoms. The van der Waals surface area contributed by atoms with E-state index in [1.54, 1.807) is 31.2 Å². The Kier molecular flexibility index (Phi) is 6.59. The SMILES string of the molecule is Cc1cc(C(C)NC(=O)C2CC2(C)c2ccc(SC(F)(F)F)cc2)ccc1NS(C)(=O)=O. The zero-order chi connectivity index (χ0) is 23.9. The van der Waals surface area contributed by atoms with Crippen LogP contribution in [0.25, 0.3) is 0 Å². The average molecular weight is 487 g/mol. The molecule has 0 spiro atoms. The standard InChI is InChI=1S/C22H25F3N2O3S2/c1-13-11-15(5-10-19(13)27-32(4,29)30)14(2)26-20(28)18-12-21(18,3)16-6-8-17(9-7-16)31-22(23,24)25/h5-11,14,18,27H,12H2,1-4H3,(H,26,28). The van der Waals surface area contributed by atoms with Crippen molar-refractivity contribution in [3.63, 3.8) is 0 Å². The van der Waals surface area contributed by atoms with E-state index >= 15 is 0 Å². The lowest BCUT2D eigenvalue weighted by atomic mass is 9.95. The molecule has 0 radical (unpaired) electrons. The summed E-state index contributed by atoms with van der Waals surface area (Å²) in [4.78, 5) is 12.9. The minimum Gasteiger partial charge on any atom is -0.349 e. The lowest BCUT2D eigenvalue weighted by molar-refractivity contribution is -0.123. The van der Waals surface area contributed by atoms with Crippen LogP contribution in [-0.2, 0) is 20.2 Å². The number of nitrogens with one attached hydrogen (secondary N) is 2. The summed E-state index contributed by atoms with van der Waals surface area (Å²) in [7, 11) is -3.38. The summed E-state index contributed by atoms with van der Waals surface area (Å²) in [6.45, 7) is 5.56. The molecule has 1 amide bonds. The highest BCUT2D eigenvalue weighted by Crippen LogP contribution is 2.54. The third-order valence-electron chi connectivity index (χ3n) is 5.71. The van der Waals surface area contributed by atoms with Gasteiger partial charge in [-0.2, -0.15) is 13.2 Å². The molecule has 0 aliphatic heterocycles. The topological polar surface area (TPSA) is 75.3 Å². The maximum absolute atomic E-state index is 12.8. The van der Waals surface area contributed by atoms with Crippen molar-refractivity contribution in [3.8, 4) is 0 Å². The molecular weight excluding hydrogens is 461 g/mol. The lowest BCUT2D eigenvalue weighted by Gasteiger charge is -2.18. The van der Waals surface area contributed by atoms with Crippen molar-refractivity contribution in [2.45, 2.75) is 49.1 Å². The zero-order valence-electron chi connectivity index (χ0n) is 18.1. The molecule has 3 unspecified atom stereocenters. The summed E-state index contributed by atoms with van der Waals surface area (Å²) in [5.41, 5.74) is -1.85. The van der Waals surface area contributed by atoms with Crippen molar-refractivity contribution in [3.05, 3.63) is 59.2 Å². The molecular formula is C22H25F3N2O3S2. The largest absolute Gasteiger partial charge is 0.446 e. The van der Waals surface area contributed by atoms with E-state index in [-0.39, 0.29) is 34.5 Å². The molecule has 32 heavy (non-hydrogen) atoms. The molecule has 1 aliphatic rings. The van der Waals surface area contributed by atoms with Gasteiger partial charge in [-0.1, -0.05) is 31.2 Å². The highest BCUT2D eigenvalue weighted by molar-refractivity contribution is 8.00. The van der Waals surface area contributed by atoms with Gasteiger partial charge in [-0.3, -0.25) is 9.52 Å². The molecule has 0 heterocycles. The second-order valence-corrected chi connectivity index (χ2v) is 11.3. The Morgan fingerprint density at radius 2 is 1.81 bits per heavy atom. The Morgan fingerprint density at radius 1 is 1.19 bits per heavy atom. The number of alkyl halides is 3. The van der Waals surface area contributed by atoms with Gasteiger partial charge in [0.15, 0.2) is 0 Å². The molecule has 2 N–H and O–H groups in total. The van der Waals surface area contributed by atoms with Crippen LogP contribution in [-0.4, -0.2) is 26.1 Å². The van der Waals surface area contributed by atoms with Crippen molar-refractivity contribution in [1.82, 2.24) is 5.32 Å². The summed E-state index contributed by atoms with van der Waals surface area (Å²) in [5.74, 6) is -0.386. The molecule has 2 aromatic carbocycles. The summed E-state index contributed by atoms with van der Waals surface area (Å²) in [6.07, 6.45) is 1.70. The van der Waals surface area contributed by atoms with Gasteiger partial charge in [0.1, 0.15) is 0 Å². The molecule has 1 aliphatic carbocycles. The van der Waals surface area contributed by atoms with Gasteiger partial charge in [0.05, 0.1) is 18.0 Å². The van der Waals surface area contributed by atoms with Gasteiger partial charge >= 0.3 is 5.51 Å². The maximum Gasteiger partial charge on any atom is 0.446 e. The Bertz CT molecular complexity index is 1120. The summed E-state index contributed by atoms with van der Waals surface area (Å²) >= 11 is -0.159. The number of rotatable bonds is 7. The van der Waals surface area contributed by atoms with Crippen molar-refractivity contribution < 1.29 is 26.4 Å². The van der Waals surface area contributed by atoms with E-state index in [4.69, 9.17) is 0 Å². The summed E-state index contributed by atoms with van der Waals surface area (Å²) in [6, 6.07) is 11.1. The monoisotopic (exact) mass is 486 g/mol. The van der Waals surface area contributed by atoms with Gasteiger partial charge in [0.2, 0.25) is 15.9 Å². The van der Waals surface area contributed by atoms with Gasteiger partial charge in [-0.15, -0.1) is 0 Å². The fourth-order valence-corrected chi connectivity index (χ4v) is 4.94. The van der Waals surface area contributed by atoms with Crippen molar-refractivity contribution in [2.75, 3.05) is 11.0 Å². The Labute approximate surface area is 190 Å². The van der Waals surface area contributed by atoms with E-state index in [2.05, 4.69) is 10.0 Å². The Hall–Kier alpha value is -2.20. The van der Waals surface area contributed by atoms with E-state index in [1.165, 1.54) is 12.1 Å². The number of aryl methyl sites for hydroxylation is 1. The second kappa shape index (κ2) is 8.62. The molecule has 3 rings (SSSR count). The smallest absolute Gasteiger partial charge is 0.349 e. The number of thioether (sulfide) groups is 1. The van der Waals surface area contributed by atoms with E-state index in [0.29, 0.717) is 12.1 Å². The zero-order valence-corrected chi connectivity index (χ0v) is 19.7. The van der Waals surface area contributed by atoms with Gasteiger partial charge in [0.25, 0.3) is 0 Å². The van der Waals surface area contributed by atoms with E-state index < -0.39 is 20.9 Å². The van der Waals surface area contributed by atoms with Crippen LogP contribution in [0.2, 0.25) is 0 Å². The third kappa shape index (κ3) is 5.98. The Balaban J connectivity index is 1.64. The maximum atomic E-state index is 12.8. The van der Waals surface area contributed by atoms with Crippen molar-refractivity contribution in [1.29, 1.82) is 0 Å². The molecule has 0 bridgehead atoms. The van der Waals surface area contributed by atoms with Crippen LogP contribution >= 0.6 is 11.8 Å². The van der Waals surface area contributed by atoms with E-state index in [0.717, 1.165) is 22.9 Å². The van der Waals surface area contributed by atoms with Crippen LogP contribution in [0.5, 0.6) is 0 Å². The molecule has 0 aromatic heterocycles. The molecule has 3 atom stereocenters. The highest BCUT2D eigenvalue weighted by atomic mass is 32.2. The van der Waals surface area contributed by atoms with Gasteiger partial charge < -0.3 is 5.32 Å². The van der Waals surface area contributed by atoms with E-state index in [9.17, 15) is 26.4 Å². The Morgan fingerprint density at radius 3 is 2.34 bits per heavy atom. The van der Waals surface area contributed by atoms with Crippen LogP contribution in [0.4, 0.5) is 18.9 Å². The van der Waals surface area contributed by atoms with E-state index in [1.807, 2.05) is 19.9 Å². The molecule has 174 valence electrons. The number of sulfonamides is 1. The van der Waals surface area contributed by atoms with Crippen LogP contribution in [0.1, 0.15) is 43.0 Å². The predicted molar refractivity (Wildman–Crippen MR) is 120 cm³/mol. The number of hydrogen-bond acceptors (Lipinski definition) is 4. The predicted octanol–water partition coefficient (Wildman–Crippen LogP) is 5.13. The molecule has 1 fully saturated rings. The molecule has 1 saturated carbocycles. The summed E-state index contributed by atoms with van der Waals surface area (Å²) < 4.78 is 62.9. The lowest BCUT2D eigenvalue weighted by Crippen LogP contribution is -2.30. The van der Waals surface area contributed by atoms with Crippen LogP contribution < -0.4 is 10.0 Å². The average Bonchev–Trinajstić information content (AvgIpc) is 3.34. The van der Waals surface area contributed by atoms with Crippen molar-refractivity contribution in [2.24, 2.45) is 5.92 Å². The third-order valence-corrected chi connectivity index (χ3v) is 7.04. The molecule has 0 saturated heterocycles. The quantitative estimate of drug-likeness (QED) is 0.532. The fraction of sp³-hybridized carbons (Fsp3) is 0.409.